The number of aryl methyl sites for hydroxylation is 2. The fraction of sp³-hybridized carbons (Fsp3) is 0.182. The molecule has 0 aliphatic carbocycles. The number of aliphatic carboxylic acids is 1. The van der Waals surface area contributed by atoms with E-state index in [2.05, 4.69) is 16.0 Å². The Kier molecular flexibility index (Phi) is 5.37. The molecule has 140 valence electrons. The highest BCUT2D eigenvalue weighted by Crippen LogP contribution is 2.37. The lowest BCUT2D eigenvalue weighted by atomic mass is 9.71. The minimum atomic E-state index is -1.59. The Morgan fingerprint density at radius 2 is 1.46 bits per heavy atom. The summed E-state index contributed by atoms with van der Waals surface area (Å²) in [5, 5.41) is 20.3. The maximum absolute atomic E-state index is 12.3. The Morgan fingerprint density at radius 3 is 1.86 bits per heavy atom. The maximum Gasteiger partial charge on any atom is 0.347 e. The topological polar surface area (TPSA) is 96.1 Å². The van der Waals surface area contributed by atoms with Crippen molar-refractivity contribution in [1.29, 1.82) is 5.26 Å². The van der Waals surface area contributed by atoms with Gasteiger partial charge in [0.1, 0.15) is 0 Å². The summed E-state index contributed by atoms with van der Waals surface area (Å²) in [5.74, 6) is -1.28. The van der Waals surface area contributed by atoms with Crippen LogP contribution in [0.5, 0.6) is 6.01 Å². The van der Waals surface area contributed by atoms with Gasteiger partial charge in [-0.05, 0) is 31.0 Å². The standard InChI is InChI=1S/C22H19N3O3/c1-15-13-16(2)25-21(24-15)28-19(20(26)27)22(14-23,17-9-5-3-6-10-17)18-11-7-4-8-12-18/h3-13,19H,1-2H3,(H,26,27)/t19-/m1/s1. The molecule has 0 radical (unpaired) electrons. The second-order valence-corrected chi connectivity index (χ2v) is 6.42. The number of aromatic nitrogens is 2. The van der Waals surface area contributed by atoms with E-state index in [9.17, 15) is 15.2 Å². The molecule has 0 aliphatic rings. The van der Waals surface area contributed by atoms with Crippen LogP contribution in [-0.4, -0.2) is 27.1 Å². The van der Waals surface area contributed by atoms with Crippen LogP contribution in [0.4, 0.5) is 0 Å². The molecule has 0 amide bonds. The fourth-order valence-electron chi connectivity index (χ4n) is 3.23. The van der Waals surface area contributed by atoms with Gasteiger partial charge < -0.3 is 9.84 Å². The number of carbonyl (C=O) groups is 1. The van der Waals surface area contributed by atoms with Crippen LogP contribution in [0, 0.1) is 25.2 Å². The van der Waals surface area contributed by atoms with E-state index < -0.39 is 17.5 Å². The second kappa shape index (κ2) is 7.89. The van der Waals surface area contributed by atoms with E-state index in [1.54, 1.807) is 80.6 Å². The summed E-state index contributed by atoms with van der Waals surface area (Å²) in [6.07, 6.45) is -1.55. The van der Waals surface area contributed by atoms with E-state index in [1.165, 1.54) is 0 Å². The van der Waals surface area contributed by atoms with E-state index in [4.69, 9.17) is 4.74 Å². The molecule has 0 saturated carbocycles. The first-order chi connectivity index (χ1) is 13.5. The normalized spacial score (nSPS) is 12.0. The fourth-order valence-corrected chi connectivity index (χ4v) is 3.23. The van der Waals surface area contributed by atoms with Crippen molar-refractivity contribution in [3.63, 3.8) is 0 Å². The SMILES string of the molecule is Cc1cc(C)nc(O[C@H](C(=O)O)C(C#N)(c2ccccc2)c2ccccc2)n1. The number of benzene rings is 2. The molecule has 1 aromatic heterocycles. The second-order valence-electron chi connectivity index (χ2n) is 6.42. The van der Waals surface area contributed by atoms with Crippen LogP contribution in [0.15, 0.2) is 66.7 Å². The monoisotopic (exact) mass is 373 g/mol. The summed E-state index contributed by atoms with van der Waals surface area (Å²) in [6.45, 7) is 3.53. The number of carboxylic acid groups (broad SMARTS) is 1. The largest absolute Gasteiger partial charge is 0.478 e. The highest BCUT2D eigenvalue weighted by molar-refractivity contribution is 5.78. The van der Waals surface area contributed by atoms with Crippen LogP contribution in [-0.2, 0) is 10.2 Å². The maximum atomic E-state index is 12.3. The predicted octanol–water partition coefficient (Wildman–Crippen LogP) is 3.44. The summed E-state index contributed by atoms with van der Waals surface area (Å²) >= 11 is 0. The van der Waals surface area contributed by atoms with Crippen LogP contribution in [0.2, 0.25) is 0 Å². The van der Waals surface area contributed by atoms with Gasteiger partial charge in [-0.25, -0.2) is 14.8 Å². The first-order valence-electron chi connectivity index (χ1n) is 8.71. The van der Waals surface area contributed by atoms with Crippen LogP contribution in [0.3, 0.4) is 0 Å². The Labute approximate surface area is 163 Å². The summed E-state index contributed by atoms with van der Waals surface area (Å²) in [4.78, 5) is 20.7. The Hall–Kier alpha value is -3.72. The van der Waals surface area contributed by atoms with E-state index in [0.717, 1.165) is 0 Å². The highest BCUT2D eigenvalue weighted by atomic mass is 16.5. The van der Waals surface area contributed by atoms with Crippen molar-refractivity contribution in [2.24, 2.45) is 0 Å². The molecule has 3 aromatic rings. The zero-order valence-corrected chi connectivity index (χ0v) is 15.5. The molecule has 1 N–H and O–H groups in total. The molecule has 0 fully saturated rings. The molecule has 3 rings (SSSR count). The van der Waals surface area contributed by atoms with Gasteiger partial charge >= 0.3 is 12.0 Å². The average Bonchev–Trinajstić information content (AvgIpc) is 2.69. The zero-order valence-electron chi connectivity index (χ0n) is 15.5. The third-order valence-electron chi connectivity index (χ3n) is 4.44. The van der Waals surface area contributed by atoms with Crippen molar-refractivity contribution < 1.29 is 14.6 Å². The number of nitriles is 1. The Bertz CT molecular complexity index is 954. The number of hydrogen-bond donors (Lipinski definition) is 1. The highest BCUT2D eigenvalue weighted by Gasteiger charge is 2.49. The van der Waals surface area contributed by atoms with Crippen LogP contribution in [0.25, 0.3) is 0 Å². The molecule has 0 aliphatic heterocycles. The van der Waals surface area contributed by atoms with Gasteiger partial charge in [-0.2, -0.15) is 5.26 Å². The number of ether oxygens (including phenoxy) is 1. The molecular formula is C22H19N3O3. The third-order valence-corrected chi connectivity index (χ3v) is 4.44. The molecule has 0 saturated heterocycles. The number of rotatable bonds is 6. The van der Waals surface area contributed by atoms with Gasteiger partial charge in [0, 0.05) is 11.4 Å². The van der Waals surface area contributed by atoms with E-state index in [-0.39, 0.29) is 6.01 Å². The Balaban J connectivity index is 2.21. The molecule has 0 unspecified atom stereocenters. The van der Waals surface area contributed by atoms with Crippen LogP contribution >= 0.6 is 0 Å². The molecule has 6 heteroatoms. The summed E-state index contributed by atoms with van der Waals surface area (Å²) in [5.41, 5.74) is 0.734. The first-order valence-corrected chi connectivity index (χ1v) is 8.71. The van der Waals surface area contributed by atoms with E-state index in [0.29, 0.717) is 22.5 Å². The molecular weight excluding hydrogens is 354 g/mol. The average molecular weight is 373 g/mol. The van der Waals surface area contributed by atoms with Crippen molar-refractivity contribution in [1.82, 2.24) is 9.97 Å². The van der Waals surface area contributed by atoms with Crippen LogP contribution in [0.1, 0.15) is 22.5 Å². The predicted molar refractivity (Wildman–Crippen MR) is 103 cm³/mol. The van der Waals surface area contributed by atoms with E-state index >= 15 is 0 Å². The van der Waals surface area contributed by atoms with Gasteiger partial charge in [0.15, 0.2) is 5.41 Å². The van der Waals surface area contributed by atoms with Crippen molar-refractivity contribution in [2.45, 2.75) is 25.4 Å². The molecule has 1 atom stereocenters. The minimum absolute atomic E-state index is 0.0728. The van der Waals surface area contributed by atoms with Crippen molar-refractivity contribution >= 4 is 5.97 Å². The molecule has 0 spiro atoms. The first kappa shape index (κ1) is 19.1. The Morgan fingerprint density at radius 1 is 1.00 bits per heavy atom. The minimum Gasteiger partial charge on any atom is -0.478 e. The third kappa shape index (κ3) is 3.55. The van der Waals surface area contributed by atoms with Crippen molar-refractivity contribution in [2.75, 3.05) is 0 Å². The van der Waals surface area contributed by atoms with E-state index in [1.807, 2.05) is 0 Å². The van der Waals surface area contributed by atoms with Crippen molar-refractivity contribution in [3.8, 4) is 12.1 Å². The van der Waals surface area contributed by atoms with Gasteiger partial charge in [-0.3, -0.25) is 0 Å². The molecule has 2 aromatic carbocycles. The number of hydrogen-bond acceptors (Lipinski definition) is 5. The molecule has 28 heavy (non-hydrogen) atoms. The lowest BCUT2D eigenvalue weighted by Gasteiger charge is -2.33. The van der Waals surface area contributed by atoms with Gasteiger partial charge in [-0.1, -0.05) is 60.7 Å². The number of nitrogens with zero attached hydrogens (tertiary/aromatic N) is 3. The van der Waals surface area contributed by atoms with Gasteiger partial charge in [-0.15, -0.1) is 0 Å². The van der Waals surface area contributed by atoms with Gasteiger partial charge in [0.05, 0.1) is 6.07 Å². The quantitative estimate of drug-likeness (QED) is 0.711. The summed E-state index contributed by atoms with van der Waals surface area (Å²) < 4.78 is 5.76. The molecule has 0 bridgehead atoms. The number of carboxylic acids is 1. The van der Waals surface area contributed by atoms with Gasteiger partial charge in [0.2, 0.25) is 6.10 Å². The molecule has 1 heterocycles. The summed E-state index contributed by atoms with van der Waals surface area (Å²) in [7, 11) is 0. The van der Waals surface area contributed by atoms with Crippen LogP contribution < -0.4 is 4.74 Å². The lowest BCUT2D eigenvalue weighted by molar-refractivity contribution is -0.147. The zero-order chi connectivity index (χ0) is 20.1. The van der Waals surface area contributed by atoms with Crippen molar-refractivity contribution in [3.05, 3.63) is 89.2 Å². The summed E-state index contributed by atoms with van der Waals surface area (Å²) in [6, 6.07) is 21.4. The smallest absolute Gasteiger partial charge is 0.347 e. The van der Waals surface area contributed by atoms with Gasteiger partial charge in [0.25, 0.3) is 0 Å². The molecule has 6 nitrogen and oxygen atoms in total. The lowest BCUT2D eigenvalue weighted by Crippen LogP contribution is -2.48.